The van der Waals surface area contributed by atoms with Crippen LogP contribution in [0.2, 0.25) is 0 Å². The van der Waals surface area contributed by atoms with Crippen molar-refractivity contribution in [1.29, 1.82) is 0 Å². The summed E-state index contributed by atoms with van der Waals surface area (Å²) < 4.78 is 0. The van der Waals surface area contributed by atoms with E-state index in [4.69, 9.17) is 0 Å². The highest BCUT2D eigenvalue weighted by molar-refractivity contribution is 6.04. The van der Waals surface area contributed by atoms with E-state index in [0.29, 0.717) is 5.56 Å². The van der Waals surface area contributed by atoms with Crippen molar-refractivity contribution in [2.45, 2.75) is 19.4 Å². The number of likely N-dealkylation sites (N-methyl/N-ethyl adjacent to an activating group) is 1. The summed E-state index contributed by atoms with van der Waals surface area (Å²) in [5.41, 5.74) is 0.298. The van der Waals surface area contributed by atoms with Crippen molar-refractivity contribution in [2.75, 3.05) is 13.7 Å². The number of hydrogen-bond acceptors (Lipinski definition) is 3. The molecule has 0 amide bonds. The first kappa shape index (κ1) is 13.5. The van der Waals surface area contributed by atoms with Gasteiger partial charge in [0, 0.05) is 24.9 Å². The van der Waals surface area contributed by atoms with Gasteiger partial charge in [0.2, 0.25) is 0 Å². The fourth-order valence-electron chi connectivity index (χ4n) is 1.19. The summed E-state index contributed by atoms with van der Waals surface area (Å²) in [6.07, 6.45) is 3.22. The number of aliphatic hydroxyl groups is 1. The van der Waals surface area contributed by atoms with Crippen LogP contribution in [-0.4, -0.2) is 35.0 Å². The Morgan fingerprint density at radius 2 is 1.94 bits per heavy atom. The molecule has 0 atom stereocenters. The lowest BCUT2D eigenvalue weighted by Crippen LogP contribution is -2.40. The highest BCUT2D eigenvalue weighted by Gasteiger charge is 2.19. The summed E-state index contributed by atoms with van der Waals surface area (Å²) in [5, 5.41) is 9.19. The Morgan fingerprint density at radius 1 is 1.35 bits per heavy atom. The van der Waals surface area contributed by atoms with Gasteiger partial charge in [-0.1, -0.05) is 30.3 Å². The maximum Gasteiger partial charge on any atom is 0.187 e. The van der Waals surface area contributed by atoms with Crippen molar-refractivity contribution in [2.24, 2.45) is 0 Å². The molecule has 0 fully saturated rings. The van der Waals surface area contributed by atoms with Gasteiger partial charge >= 0.3 is 0 Å². The Bertz CT molecular complexity index is 396. The van der Waals surface area contributed by atoms with E-state index in [1.54, 1.807) is 18.3 Å². The summed E-state index contributed by atoms with van der Waals surface area (Å²) in [5.74, 6) is -0.0359. The molecule has 0 radical (unpaired) electrons. The van der Waals surface area contributed by atoms with E-state index in [0.717, 1.165) is 0 Å². The normalized spacial score (nSPS) is 11.8. The summed E-state index contributed by atoms with van der Waals surface area (Å²) in [7, 11) is 1.84. The average molecular weight is 233 g/mol. The SMILES string of the molecule is CN(/C=C/C(=O)c1ccccc1)C(C)(C)CO. The molecule has 1 N–H and O–H groups in total. The van der Waals surface area contributed by atoms with Crippen LogP contribution in [0.25, 0.3) is 0 Å². The fraction of sp³-hybridized carbons (Fsp3) is 0.357. The molecule has 0 aliphatic carbocycles. The quantitative estimate of drug-likeness (QED) is 0.625. The van der Waals surface area contributed by atoms with Crippen LogP contribution in [0, 0.1) is 0 Å². The van der Waals surface area contributed by atoms with Crippen molar-refractivity contribution in [3.63, 3.8) is 0 Å². The number of rotatable bonds is 5. The average Bonchev–Trinajstić information content (AvgIpc) is 2.36. The lowest BCUT2D eigenvalue weighted by atomic mass is 10.1. The molecule has 92 valence electrons. The first-order chi connectivity index (χ1) is 7.97. The summed E-state index contributed by atoms with van der Waals surface area (Å²) in [6.45, 7) is 3.85. The molecule has 1 rings (SSSR count). The zero-order chi connectivity index (χ0) is 12.9. The zero-order valence-corrected chi connectivity index (χ0v) is 10.6. The van der Waals surface area contributed by atoms with E-state index in [1.807, 2.05) is 44.0 Å². The van der Waals surface area contributed by atoms with Gasteiger partial charge < -0.3 is 10.0 Å². The number of carbonyl (C=O) groups is 1. The van der Waals surface area contributed by atoms with E-state index < -0.39 is 0 Å². The molecule has 0 aliphatic rings. The van der Waals surface area contributed by atoms with E-state index in [9.17, 15) is 9.90 Å². The van der Waals surface area contributed by atoms with Crippen molar-refractivity contribution in [3.8, 4) is 0 Å². The molecule has 1 aromatic carbocycles. The summed E-state index contributed by atoms with van der Waals surface area (Å²) >= 11 is 0. The van der Waals surface area contributed by atoms with E-state index in [2.05, 4.69) is 0 Å². The summed E-state index contributed by atoms with van der Waals surface area (Å²) in [6, 6.07) is 9.11. The first-order valence-corrected chi connectivity index (χ1v) is 5.59. The van der Waals surface area contributed by atoms with Gasteiger partial charge in [-0.25, -0.2) is 0 Å². The minimum Gasteiger partial charge on any atom is -0.394 e. The van der Waals surface area contributed by atoms with Crippen LogP contribution >= 0.6 is 0 Å². The van der Waals surface area contributed by atoms with Crippen molar-refractivity contribution >= 4 is 5.78 Å². The number of hydrogen-bond donors (Lipinski definition) is 1. The molecular weight excluding hydrogens is 214 g/mol. The van der Waals surface area contributed by atoms with Crippen LogP contribution in [0.15, 0.2) is 42.6 Å². The Balaban J connectivity index is 2.70. The maximum atomic E-state index is 11.8. The van der Waals surface area contributed by atoms with Gasteiger partial charge in [-0.2, -0.15) is 0 Å². The predicted molar refractivity (Wildman–Crippen MR) is 68.8 cm³/mol. The largest absolute Gasteiger partial charge is 0.394 e. The smallest absolute Gasteiger partial charge is 0.187 e. The molecule has 0 saturated heterocycles. The fourth-order valence-corrected chi connectivity index (χ4v) is 1.19. The third kappa shape index (κ3) is 3.71. The molecule has 0 unspecified atom stereocenters. The van der Waals surface area contributed by atoms with E-state index in [1.165, 1.54) is 6.08 Å². The molecule has 0 aliphatic heterocycles. The number of carbonyl (C=O) groups excluding carboxylic acids is 1. The molecule has 0 spiro atoms. The molecule has 17 heavy (non-hydrogen) atoms. The molecule has 0 saturated carbocycles. The van der Waals surface area contributed by atoms with Crippen molar-refractivity contribution in [3.05, 3.63) is 48.2 Å². The lowest BCUT2D eigenvalue weighted by Gasteiger charge is -2.32. The standard InChI is InChI=1S/C14H19NO2/c1-14(2,11-16)15(3)10-9-13(17)12-7-5-4-6-8-12/h4-10,16H,11H2,1-3H3/b10-9+. The van der Waals surface area contributed by atoms with Gasteiger partial charge in [0.25, 0.3) is 0 Å². The Labute approximate surface area is 102 Å². The van der Waals surface area contributed by atoms with Crippen molar-refractivity contribution < 1.29 is 9.90 Å². The van der Waals surface area contributed by atoms with Crippen LogP contribution in [0.5, 0.6) is 0 Å². The van der Waals surface area contributed by atoms with Crippen LogP contribution in [0.1, 0.15) is 24.2 Å². The van der Waals surface area contributed by atoms with Crippen LogP contribution in [-0.2, 0) is 0 Å². The number of nitrogens with zero attached hydrogens (tertiary/aromatic N) is 1. The summed E-state index contributed by atoms with van der Waals surface area (Å²) in [4.78, 5) is 13.6. The van der Waals surface area contributed by atoms with Gasteiger partial charge in [0.15, 0.2) is 5.78 Å². The third-order valence-electron chi connectivity index (χ3n) is 2.85. The third-order valence-corrected chi connectivity index (χ3v) is 2.85. The molecule has 3 nitrogen and oxygen atoms in total. The highest BCUT2D eigenvalue weighted by Crippen LogP contribution is 2.11. The molecule has 1 aromatic rings. The van der Waals surface area contributed by atoms with Gasteiger partial charge in [-0.3, -0.25) is 4.79 Å². The number of ketones is 1. The monoisotopic (exact) mass is 233 g/mol. The lowest BCUT2D eigenvalue weighted by molar-refractivity contribution is 0.102. The minimum absolute atomic E-state index is 0.0351. The molecule has 0 aromatic heterocycles. The zero-order valence-electron chi connectivity index (χ0n) is 10.6. The molecule has 3 heteroatoms. The second-order valence-corrected chi connectivity index (χ2v) is 4.63. The molecule has 0 heterocycles. The molecular formula is C14H19NO2. The second-order valence-electron chi connectivity index (χ2n) is 4.63. The van der Waals surface area contributed by atoms with Crippen LogP contribution in [0.3, 0.4) is 0 Å². The van der Waals surface area contributed by atoms with Gasteiger partial charge in [0.05, 0.1) is 12.1 Å². The predicted octanol–water partition coefficient (Wildman–Crippen LogP) is 2.09. The van der Waals surface area contributed by atoms with E-state index >= 15 is 0 Å². The minimum atomic E-state index is -0.368. The topological polar surface area (TPSA) is 40.5 Å². The number of allylic oxidation sites excluding steroid dienone is 1. The van der Waals surface area contributed by atoms with Crippen LogP contribution < -0.4 is 0 Å². The van der Waals surface area contributed by atoms with E-state index in [-0.39, 0.29) is 17.9 Å². The maximum absolute atomic E-state index is 11.8. The van der Waals surface area contributed by atoms with Gasteiger partial charge in [0.1, 0.15) is 0 Å². The highest BCUT2D eigenvalue weighted by atomic mass is 16.3. The van der Waals surface area contributed by atoms with Crippen LogP contribution in [0.4, 0.5) is 0 Å². The number of benzene rings is 1. The Morgan fingerprint density at radius 3 is 2.47 bits per heavy atom. The Hall–Kier alpha value is -1.61. The van der Waals surface area contributed by atoms with Gasteiger partial charge in [-0.15, -0.1) is 0 Å². The molecule has 0 bridgehead atoms. The number of aliphatic hydroxyl groups excluding tert-OH is 1. The van der Waals surface area contributed by atoms with Gasteiger partial charge in [-0.05, 0) is 13.8 Å². The Kier molecular flexibility index (Phi) is 4.46. The second kappa shape index (κ2) is 5.64. The first-order valence-electron chi connectivity index (χ1n) is 5.59. The van der Waals surface area contributed by atoms with Crippen molar-refractivity contribution in [1.82, 2.24) is 4.90 Å².